The van der Waals surface area contributed by atoms with Crippen LogP contribution in [0, 0.1) is 5.92 Å². The molecule has 1 atom stereocenters. The molecule has 23 heavy (non-hydrogen) atoms. The highest BCUT2D eigenvalue weighted by Gasteiger charge is 2.36. The molecule has 0 radical (unpaired) electrons. The number of pyridine rings is 1. The molecule has 0 spiro atoms. The molecule has 2 aromatic heterocycles. The van der Waals surface area contributed by atoms with Crippen molar-refractivity contribution in [3.05, 3.63) is 33.7 Å². The molecule has 1 unspecified atom stereocenters. The SMILES string of the molecule is CCc1[nH]cc2[nH][nH]c3cc(C4CN5CCC4CC5)c(=O)c1c23. The monoisotopic (exact) mass is 310 g/mol. The van der Waals surface area contributed by atoms with Gasteiger partial charge in [0.1, 0.15) is 0 Å². The average Bonchev–Trinajstić information content (AvgIpc) is 3.02. The summed E-state index contributed by atoms with van der Waals surface area (Å²) in [5.41, 5.74) is 4.33. The third-order valence-electron chi connectivity index (χ3n) is 6.01. The molecule has 5 heteroatoms. The molecule has 3 saturated heterocycles. The molecule has 2 bridgehead atoms. The van der Waals surface area contributed by atoms with Crippen LogP contribution in [0.2, 0.25) is 0 Å². The van der Waals surface area contributed by atoms with Gasteiger partial charge in [0.15, 0.2) is 5.43 Å². The van der Waals surface area contributed by atoms with E-state index in [1.54, 1.807) is 0 Å². The normalized spacial score (nSPS) is 27.3. The number of H-pyrrole nitrogens is 3. The van der Waals surface area contributed by atoms with E-state index in [4.69, 9.17) is 0 Å². The summed E-state index contributed by atoms with van der Waals surface area (Å²) in [6.45, 7) is 5.55. The highest BCUT2D eigenvalue weighted by atomic mass is 16.1. The summed E-state index contributed by atoms with van der Waals surface area (Å²) in [5, 5.41) is 8.37. The Morgan fingerprint density at radius 3 is 2.65 bits per heavy atom. The zero-order chi connectivity index (χ0) is 15.6. The number of nitrogens with one attached hydrogen (secondary N) is 3. The Morgan fingerprint density at radius 1 is 1.17 bits per heavy atom. The van der Waals surface area contributed by atoms with E-state index in [1.807, 2.05) is 6.20 Å². The minimum atomic E-state index is 0.239. The maximum Gasteiger partial charge on any atom is 0.191 e. The molecule has 3 aromatic rings. The first-order valence-electron chi connectivity index (χ1n) is 8.71. The minimum absolute atomic E-state index is 0.239. The van der Waals surface area contributed by atoms with Crippen LogP contribution in [0.4, 0.5) is 0 Å². The Morgan fingerprint density at radius 2 is 1.96 bits per heavy atom. The van der Waals surface area contributed by atoms with Crippen molar-refractivity contribution in [3.63, 3.8) is 0 Å². The lowest BCUT2D eigenvalue weighted by Crippen LogP contribution is -2.47. The average molecular weight is 310 g/mol. The van der Waals surface area contributed by atoms with Crippen LogP contribution in [-0.4, -0.2) is 39.7 Å². The van der Waals surface area contributed by atoms with Gasteiger partial charge >= 0.3 is 0 Å². The van der Waals surface area contributed by atoms with E-state index >= 15 is 0 Å². The molecule has 3 aliphatic heterocycles. The molecule has 3 N–H and O–H groups in total. The number of piperidine rings is 3. The topological polar surface area (TPSA) is 67.7 Å². The van der Waals surface area contributed by atoms with Crippen LogP contribution in [0.1, 0.15) is 36.9 Å². The maximum absolute atomic E-state index is 13.3. The van der Waals surface area contributed by atoms with Crippen molar-refractivity contribution in [2.45, 2.75) is 32.1 Å². The van der Waals surface area contributed by atoms with Crippen LogP contribution < -0.4 is 5.43 Å². The molecule has 0 amide bonds. The third-order valence-corrected chi connectivity index (χ3v) is 6.01. The van der Waals surface area contributed by atoms with Gasteiger partial charge in [-0.3, -0.25) is 9.89 Å². The molecule has 0 aliphatic carbocycles. The van der Waals surface area contributed by atoms with Gasteiger partial charge in [-0.2, -0.15) is 0 Å². The van der Waals surface area contributed by atoms with Crippen LogP contribution in [0.15, 0.2) is 17.1 Å². The van der Waals surface area contributed by atoms with Gasteiger partial charge in [-0.05, 0) is 44.3 Å². The first-order chi connectivity index (χ1) is 11.3. The Bertz CT molecular complexity index is 939. The lowest BCUT2D eigenvalue weighted by Gasteiger charge is -2.44. The summed E-state index contributed by atoms with van der Waals surface area (Å²) in [5.74, 6) is 1.06. The molecule has 1 aromatic carbocycles. The van der Waals surface area contributed by atoms with E-state index in [1.165, 1.54) is 25.9 Å². The van der Waals surface area contributed by atoms with E-state index in [9.17, 15) is 4.79 Å². The Hall–Kier alpha value is -2.01. The van der Waals surface area contributed by atoms with Gasteiger partial charge in [-0.25, -0.2) is 0 Å². The fourth-order valence-corrected chi connectivity index (χ4v) is 4.76. The fraction of sp³-hybridized carbons (Fsp3) is 0.500. The van der Waals surface area contributed by atoms with Crippen LogP contribution in [0.3, 0.4) is 0 Å². The van der Waals surface area contributed by atoms with Crippen LogP contribution in [-0.2, 0) is 6.42 Å². The van der Waals surface area contributed by atoms with Gasteiger partial charge in [-0.1, -0.05) is 6.92 Å². The summed E-state index contributed by atoms with van der Waals surface area (Å²) in [4.78, 5) is 19.1. The Balaban J connectivity index is 1.79. The molecule has 6 rings (SSSR count). The molecule has 120 valence electrons. The van der Waals surface area contributed by atoms with Crippen molar-refractivity contribution < 1.29 is 0 Å². The summed E-state index contributed by atoms with van der Waals surface area (Å²) >= 11 is 0. The summed E-state index contributed by atoms with van der Waals surface area (Å²) in [6.07, 6.45) is 5.26. The summed E-state index contributed by atoms with van der Waals surface area (Å²) in [6, 6.07) is 2.11. The largest absolute Gasteiger partial charge is 0.363 e. The smallest absolute Gasteiger partial charge is 0.191 e. The number of hydrogen-bond donors (Lipinski definition) is 3. The van der Waals surface area contributed by atoms with Crippen LogP contribution >= 0.6 is 0 Å². The van der Waals surface area contributed by atoms with Gasteiger partial charge in [0, 0.05) is 35.3 Å². The van der Waals surface area contributed by atoms with E-state index in [0.717, 1.165) is 46.0 Å². The van der Waals surface area contributed by atoms with Crippen molar-refractivity contribution in [2.24, 2.45) is 5.92 Å². The number of aryl methyl sites for hydroxylation is 1. The molecular formula is C18H22N4O. The predicted molar refractivity (Wildman–Crippen MR) is 92.1 cm³/mol. The van der Waals surface area contributed by atoms with Crippen molar-refractivity contribution in [3.8, 4) is 0 Å². The van der Waals surface area contributed by atoms with Gasteiger partial charge in [0.2, 0.25) is 0 Å². The van der Waals surface area contributed by atoms with Gasteiger partial charge in [0.05, 0.1) is 16.4 Å². The summed E-state index contributed by atoms with van der Waals surface area (Å²) in [7, 11) is 0. The van der Waals surface area contributed by atoms with Crippen molar-refractivity contribution in [1.29, 1.82) is 0 Å². The molecular weight excluding hydrogens is 288 g/mol. The Kier molecular flexibility index (Phi) is 2.77. The molecule has 5 heterocycles. The number of hydrogen-bond acceptors (Lipinski definition) is 2. The van der Waals surface area contributed by atoms with Gasteiger partial charge in [0.25, 0.3) is 0 Å². The fourth-order valence-electron chi connectivity index (χ4n) is 4.76. The number of benzene rings is 1. The van der Waals surface area contributed by atoms with Crippen molar-refractivity contribution >= 4 is 21.8 Å². The lowest BCUT2D eigenvalue weighted by molar-refractivity contribution is 0.0868. The van der Waals surface area contributed by atoms with E-state index in [0.29, 0.717) is 11.8 Å². The number of aromatic amines is 3. The zero-order valence-corrected chi connectivity index (χ0v) is 13.4. The minimum Gasteiger partial charge on any atom is -0.363 e. The first-order valence-corrected chi connectivity index (χ1v) is 8.71. The van der Waals surface area contributed by atoms with Crippen LogP contribution in [0.25, 0.3) is 21.8 Å². The zero-order valence-electron chi connectivity index (χ0n) is 13.4. The summed E-state index contributed by atoms with van der Waals surface area (Å²) < 4.78 is 0. The number of fused-ring (bicyclic) bond motifs is 3. The second-order valence-corrected chi connectivity index (χ2v) is 7.12. The third kappa shape index (κ3) is 1.80. The molecule has 5 nitrogen and oxygen atoms in total. The number of rotatable bonds is 2. The number of aromatic nitrogens is 3. The van der Waals surface area contributed by atoms with E-state index in [2.05, 4.69) is 33.1 Å². The second kappa shape index (κ2) is 4.74. The molecule has 3 fully saturated rings. The van der Waals surface area contributed by atoms with Gasteiger partial charge < -0.3 is 15.0 Å². The predicted octanol–water partition coefficient (Wildman–Crippen LogP) is 2.71. The van der Waals surface area contributed by atoms with E-state index in [-0.39, 0.29) is 5.43 Å². The molecule has 0 saturated carbocycles. The first kappa shape index (κ1) is 13.4. The quantitative estimate of drug-likeness (QED) is 0.681. The van der Waals surface area contributed by atoms with Crippen molar-refractivity contribution in [1.82, 2.24) is 20.1 Å². The lowest BCUT2D eigenvalue weighted by atomic mass is 9.75. The van der Waals surface area contributed by atoms with Crippen LogP contribution in [0.5, 0.6) is 0 Å². The maximum atomic E-state index is 13.3. The highest BCUT2D eigenvalue weighted by molar-refractivity contribution is 6.08. The Labute approximate surface area is 134 Å². The standard InChI is InChI=1S/C18H22N4O/c1-2-13-17-16-14(20-21-15(16)8-19-13)7-11(18(17)23)12-9-22-5-3-10(12)4-6-22/h7-8,10,12,19-21H,2-6,9H2,1H3. The van der Waals surface area contributed by atoms with E-state index < -0.39 is 0 Å². The number of nitrogens with zero attached hydrogens (tertiary/aromatic N) is 1. The van der Waals surface area contributed by atoms with Crippen molar-refractivity contribution in [2.75, 3.05) is 19.6 Å². The highest BCUT2D eigenvalue weighted by Crippen LogP contribution is 2.39. The van der Waals surface area contributed by atoms with Gasteiger partial charge in [-0.15, -0.1) is 0 Å². The second-order valence-electron chi connectivity index (χ2n) is 7.12. The molecule has 3 aliphatic rings.